The molecule has 9 nitrogen and oxygen atoms in total. The molecule has 2 unspecified atom stereocenters. The van der Waals surface area contributed by atoms with Gasteiger partial charge in [0, 0.05) is 24.2 Å². The molecule has 182 valence electrons. The summed E-state index contributed by atoms with van der Waals surface area (Å²) in [5.74, 6) is 0.837. The van der Waals surface area contributed by atoms with Crippen LogP contribution in [0.2, 0.25) is 0 Å². The number of nitrogens with two attached hydrogens (primary N) is 1. The Bertz CT molecular complexity index is 1220. The van der Waals surface area contributed by atoms with Gasteiger partial charge in [-0.1, -0.05) is 0 Å². The van der Waals surface area contributed by atoms with Crippen molar-refractivity contribution in [3.63, 3.8) is 0 Å². The lowest BCUT2D eigenvalue weighted by molar-refractivity contribution is 0.0995. The molecule has 2 aliphatic rings. The van der Waals surface area contributed by atoms with Gasteiger partial charge in [0.2, 0.25) is 0 Å². The Labute approximate surface area is 201 Å². The molecule has 1 aliphatic heterocycles. The van der Waals surface area contributed by atoms with E-state index in [0.29, 0.717) is 48.7 Å². The van der Waals surface area contributed by atoms with E-state index in [0.717, 1.165) is 24.0 Å². The molecule has 35 heavy (non-hydrogen) atoms. The third-order valence-corrected chi connectivity index (χ3v) is 6.03. The van der Waals surface area contributed by atoms with Crippen molar-refractivity contribution in [1.82, 2.24) is 20.6 Å². The molecular weight excluding hydrogens is 451 g/mol. The second-order valence-electron chi connectivity index (χ2n) is 8.79. The van der Waals surface area contributed by atoms with Crippen molar-refractivity contribution in [3.8, 4) is 22.9 Å². The van der Waals surface area contributed by atoms with E-state index in [1.54, 1.807) is 18.2 Å². The molecular formula is C25H27FN6O3. The van der Waals surface area contributed by atoms with Gasteiger partial charge >= 0.3 is 0 Å². The molecule has 0 spiro atoms. The van der Waals surface area contributed by atoms with E-state index in [2.05, 4.69) is 25.9 Å². The lowest BCUT2D eigenvalue weighted by Crippen LogP contribution is -2.35. The topological polar surface area (TPSA) is 134 Å². The van der Waals surface area contributed by atoms with Crippen LogP contribution in [-0.4, -0.2) is 45.8 Å². The number of primary amides is 1. The SMILES string of the molecule is NC(=O)c1cc(NC2CCNC2O)nc(-c2ccc(Oc3ccc(F)cc3)cc2CNC2CC2)n1. The molecule has 1 saturated carbocycles. The minimum atomic E-state index is -0.716. The van der Waals surface area contributed by atoms with Crippen LogP contribution in [-0.2, 0) is 6.54 Å². The van der Waals surface area contributed by atoms with Crippen LogP contribution in [0.25, 0.3) is 11.4 Å². The van der Waals surface area contributed by atoms with Crippen molar-refractivity contribution in [3.05, 3.63) is 65.6 Å². The highest BCUT2D eigenvalue weighted by atomic mass is 19.1. The van der Waals surface area contributed by atoms with Gasteiger partial charge in [-0.2, -0.15) is 0 Å². The normalized spacial score (nSPS) is 19.5. The Hall–Kier alpha value is -3.60. The molecule has 2 heterocycles. The number of hydrogen-bond donors (Lipinski definition) is 5. The van der Waals surface area contributed by atoms with E-state index in [1.165, 1.54) is 18.2 Å². The summed E-state index contributed by atoms with van der Waals surface area (Å²) in [6.07, 6.45) is 2.24. The number of nitrogens with zero attached hydrogens (tertiary/aromatic N) is 2. The van der Waals surface area contributed by atoms with Crippen LogP contribution in [0, 0.1) is 5.82 Å². The Morgan fingerprint density at radius 2 is 1.89 bits per heavy atom. The fourth-order valence-electron chi connectivity index (χ4n) is 3.97. The second kappa shape index (κ2) is 9.95. The number of carbonyl (C=O) groups is 1. The summed E-state index contributed by atoms with van der Waals surface area (Å²) in [6, 6.07) is 13.0. The number of aliphatic hydroxyl groups excluding tert-OH is 1. The van der Waals surface area contributed by atoms with Crippen LogP contribution in [0.3, 0.4) is 0 Å². The Balaban J connectivity index is 1.48. The number of aliphatic hydroxyl groups is 1. The third kappa shape index (κ3) is 5.73. The highest BCUT2D eigenvalue weighted by molar-refractivity contribution is 5.92. The number of aromatic nitrogens is 2. The fourth-order valence-corrected chi connectivity index (χ4v) is 3.97. The highest BCUT2D eigenvalue weighted by Gasteiger charge is 2.26. The molecule has 1 aliphatic carbocycles. The zero-order chi connectivity index (χ0) is 24.4. The number of ether oxygens (including phenoxy) is 1. The maximum absolute atomic E-state index is 13.3. The van der Waals surface area contributed by atoms with Gasteiger partial charge in [-0.3, -0.25) is 10.1 Å². The lowest BCUT2D eigenvalue weighted by Gasteiger charge is -2.18. The van der Waals surface area contributed by atoms with E-state index in [-0.39, 0.29) is 17.6 Å². The highest BCUT2D eigenvalue weighted by Crippen LogP contribution is 2.30. The molecule has 6 N–H and O–H groups in total. The van der Waals surface area contributed by atoms with Crippen molar-refractivity contribution >= 4 is 11.7 Å². The monoisotopic (exact) mass is 478 g/mol. The number of benzene rings is 2. The number of carbonyl (C=O) groups excluding carboxylic acids is 1. The predicted octanol–water partition coefficient (Wildman–Crippen LogP) is 2.52. The maximum atomic E-state index is 13.3. The number of amides is 1. The Morgan fingerprint density at radius 1 is 1.11 bits per heavy atom. The summed E-state index contributed by atoms with van der Waals surface area (Å²) in [7, 11) is 0. The number of anilines is 1. The number of halogens is 1. The summed E-state index contributed by atoms with van der Waals surface area (Å²) in [6.45, 7) is 1.23. The molecule has 2 atom stereocenters. The molecule has 3 aromatic rings. The van der Waals surface area contributed by atoms with E-state index >= 15 is 0 Å². The van der Waals surface area contributed by atoms with Crippen molar-refractivity contribution in [2.75, 3.05) is 11.9 Å². The first-order valence-electron chi connectivity index (χ1n) is 11.6. The third-order valence-electron chi connectivity index (χ3n) is 6.03. The first-order valence-corrected chi connectivity index (χ1v) is 11.6. The summed E-state index contributed by atoms with van der Waals surface area (Å²) in [5, 5.41) is 19.7. The van der Waals surface area contributed by atoms with Gasteiger partial charge in [0.15, 0.2) is 5.82 Å². The van der Waals surface area contributed by atoms with Gasteiger partial charge < -0.3 is 26.2 Å². The predicted molar refractivity (Wildman–Crippen MR) is 128 cm³/mol. The molecule has 5 rings (SSSR count). The molecule has 1 saturated heterocycles. The van der Waals surface area contributed by atoms with Gasteiger partial charge in [0.25, 0.3) is 5.91 Å². The average Bonchev–Trinajstić information content (AvgIpc) is 3.60. The molecule has 2 fully saturated rings. The number of rotatable bonds is 9. The fraction of sp³-hybridized carbons (Fsp3) is 0.320. The van der Waals surface area contributed by atoms with Crippen molar-refractivity contribution in [2.45, 2.75) is 44.1 Å². The van der Waals surface area contributed by atoms with Gasteiger partial charge in [-0.15, -0.1) is 0 Å². The van der Waals surface area contributed by atoms with Crippen LogP contribution < -0.4 is 26.4 Å². The zero-order valence-electron chi connectivity index (χ0n) is 19.0. The van der Waals surface area contributed by atoms with E-state index < -0.39 is 12.1 Å². The average molecular weight is 479 g/mol. The molecule has 1 aromatic heterocycles. The van der Waals surface area contributed by atoms with E-state index in [9.17, 15) is 14.3 Å². The van der Waals surface area contributed by atoms with Crippen LogP contribution in [0.5, 0.6) is 11.5 Å². The summed E-state index contributed by atoms with van der Waals surface area (Å²) in [4.78, 5) is 21.1. The molecule has 0 bridgehead atoms. The Kier molecular flexibility index (Phi) is 6.58. The standard InChI is InChI=1S/C25H27FN6O3/c26-15-1-5-17(6-2-15)35-18-7-8-19(14(11-18)13-29-16-3-4-16)24-31-21(23(27)33)12-22(32-24)30-20-9-10-28-25(20)34/h1-2,5-8,11-12,16,20,25,28-29,34H,3-4,9-10,13H2,(H2,27,33)(H,30,31,32). The molecule has 2 aromatic carbocycles. The van der Waals surface area contributed by atoms with Crippen LogP contribution >= 0.6 is 0 Å². The van der Waals surface area contributed by atoms with Gasteiger partial charge in [0.05, 0.1) is 6.04 Å². The summed E-state index contributed by atoms with van der Waals surface area (Å²) < 4.78 is 19.2. The zero-order valence-corrected chi connectivity index (χ0v) is 19.0. The van der Waals surface area contributed by atoms with Gasteiger partial charge in [-0.25, -0.2) is 14.4 Å². The van der Waals surface area contributed by atoms with Crippen molar-refractivity contribution < 1.29 is 19.0 Å². The molecule has 10 heteroatoms. The minimum Gasteiger partial charge on any atom is -0.457 e. The van der Waals surface area contributed by atoms with Gasteiger partial charge in [-0.05, 0) is 73.8 Å². The van der Waals surface area contributed by atoms with Crippen LogP contribution in [0.1, 0.15) is 35.3 Å². The summed E-state index contributed by atoms with van der Waals surface area (Å²) >= 11 is 0. The first kappa shape index (κ1) is 23.2. The van der Waals surface area contributed by atoms with Gasteiger partial charge in [0.1, 0.15) is 35.1 Å². The number of nitrogens with one attached hydrogen (secondary N) is 3. The smallest absolute Gasteiger partial charge is 0.267 e. The van der Waals surface area contributed by atoms with E-state index in [1.807, 2.05) is 12.1 Å². The van der Waals surface area contributed by atoms with E-state index in [4.69, 9.17) is 10.5 Å². The molecule has 1 amide bonds. The maximum Gasteiger partial charge on any atom is 0.267 e. The Morgan fingerprint density at radius 3 is 2.57 bits per heavy atom. The first-order chi connectivity index (χ1) is 16.9. The summed E-state index contributed by atoms with van der Waals surface area (Å²) in [5.41, 5.74) is 7.23. The van der Waals surface area contributed by atoms with Crippen molar-refractivity contribution in [2.24, 2.45) is 5.73 Å². The number of hydrogen-bond acceptors (Lipinski definition) is 8. The lowest BCUT2D eigenvalue weighted by atomic mass is 10.1. The quantitative estimate of drug-likeness (QED) is 0.317. The van der Waals surface area contributed by atoms with Crippen LogP contribution in [0.15, 0.2) is 48.5 Å². The second-order valence-corrected chi connectivity index (χ2v) is 8.79. The molecule has 0 radical (unpaired) electrons. The minimum absolute atomic E-state index is 0.0747. The largest absolute Gasteiger partial charge is 0.457 e. The van der Waals surface area contributed by atoms with Crippen LogP contribution in [0.4, 0.5) is 10.2 Å². The van der Waals surface area contributed by atoms with Crippen molar-refractivity contribution in [1.29, 1.82) is 0 Å².